The zero-order valence-corrected chi connectivity index (χ0v) is 17.8. The number of nitrogens with one attached hydrogen (secondary N) is 3. The van der Waals surface area contributed by atoms with E-state index in [1.807, 2.05) is 55.5 Å². The Morgan fingerprint density at radius 2 is 1.91 bits per heavy atom. The normalized spacial score (nSPS) is 10.2. The average molecular weight is 432 g/mol. The van der Waals surface area contributed by atoms with Crippen molar-refractivity contribution in [3.05, 3.63) is 71.4 Å². The van der Waals surface area contributed by atoms with E-state index in [-0.39, 0.29) is 12.5 Å². The summed E-state index contributed by atoms with van der Waals surface area (Å²) in [5, 5.41) is 21.9. The minimum absolute atomic E-state index is 0.142. The van der Waals surface area contributed by atoms with E-state index in [0.29, 0.717) is 42.1 Å². The van der Waals surface area contributed by atoms with Gasteiger partial charge in [0.05, 0.1) is 17.9 Å². The molecule has 5 N–H and O–H groups in total. The van der Waals surface area contributed by atoms with Crippen LogP contribution in [0.5, 0.6) is 0 Å². The Balaban J connectivity index is 1.43. The number of para-hydroxylation sites is 1. The van der Waals surface area contributed by atoms with E-state index >= 15 is 0 Å². The molecule has 1 heterocycles. The Labute approximate surface area is 186 Å². The van der Waals surface area contributed by atoms with Gasteiger partial charge in [-0.15, -0.1) is 0 Å². The van der Waals surface area contributed by atoms with Gasteiger partial charge in [0.2, 0.25) is 5.91 Å². The molecule has 2 aromatic carbocycles. The van der Waals surface area contributed by atoms with Crippen LogP contribution in [0.1, 0.15) is 23.2 Å². The van der Waals surface area contributed by atoms with Crippen LogP contribution >= 0.6 is 0 Å². The van der Waals surface area contributed by atoms with E-state index in [0.717, 1.165) is 11.3 Å². The number of nitrogens with two attached hydrogens (primary N) is 1. The lowest BCUT2D eigenvalue weighted by Gasteiger charge is -2.08. The first-order valence-electron chi connectivity index (χ1n) is 10.2. The number of nitriles is 1. The van der Waals surface area contributed by atoms with Gasteiger partial charge in [0, 0.05) is 12.2 Å². The number of rotatable bonds is 8. The van der Waals surface area contributed by atoms with Gasteiger partial charge in [-0.1, -0.05) is 30.3 Å². The molecule has 0 saturated heterocycles. The number of urea groups is 1. The van der Waals surface area contributed by atoms with Gasteiger partial charge in [-0.05, 0) is 49.6 Å². The highest BCUT2D eigenvalue weighted by molar-refractivity contribution is 5.92. The summed E-state index contributed by atoms with van der Waals surface area (Å²) in [6.07, 6.45) is 1.05. The highest BCUT2D eigenvalue weighted by Gasteiger charge is 2.16. The van der Waals surface area contributed by atoms with Crippen molar-refractivity contribution < 1.29 is 9.59 Å². The third kappa shape index (κ3) is 5.86. The summed E-state index contributed by atoms with van der Waals surface area (Å²) in [6.45, 7) is 2.16. The van der Waals surface area contributed by atoms with Gasteiger partial charge in [-0.3, -0.25) is 4.79 Å². The van der Waals surface area contributed by atoms with Crippen molar-refractivity contribution in [2.24, 2.45) is 0 Å². The van der Waals surface area contributed by atoms with Crippen molar-refractivity contribution in [1.29, 1.82) is 5.26 Å². The van der Waals surface area contributed by atoms with Crippen molar-refractivity contribution in [3.8, 4) is 11.8 Å². The summed E-state index contributed by atoms with van der Waals surface area (Å²) < 4.78 is 1.54. The van der Waals surface area contributed by atoms with Crippen LogP contribution in [0.3, 0.4) is 0 Å². The van der Waals surface area contributed by atoms with E-state index in [1.165, 1.54) is 0 Å². The first kappa shape index (κ1) is 22.4. The van der Waals surface area contributed by atoms with E-state index in [9.17, 15) is 14.9 Å². The largest absolute Gasteiger partial charge is 0.382 e. The van der Waals surface area contributed by atoms with Crippen molar-refractivity contribution in [2.45, 2.75) is 19.8 Å². The Kier molecular flexibility index (Phi) is 7.43. The van der Waals surface area contributed by atoms with Crippen LogP contribution < -0.4 is 21.7 Å². The van der Waals surface area contributed by atoms with Crippen LogP contribution in [-0.4, -0.2) is 34.8 Å². The summed E-state index contributed by atoms with van der Waals surface area (Å²) in [6, 6.07) is 18.4. The Morgan fingerprint density at radius 3 is 2.62 bits per heavy atom. The fourth-order valence-electron chi connectivity index (χ4n) is 3.15. The Morgan fingerprint density at radius 1 is 1.12 bits per heavy atom. The van der Waals surface area contributed by atoms with Crippen molar-refractivity contribution in [1.82, 2.24) is 20.4 Å². The van der Waals surface area contributed by atoms with Gasteiger partial charge in [0.25, 0.3) is 0 Å². The number of hydrogen-bond donors (Lipinski definition) is 4. The molecule has 0 aliphatic rings. The highest BCUT2D eigenvalue weighted by Crippen LogP contribution is 2.21. The van der Waals surface area contributed by atoms with E-state index < -0.39 is 6.03 Å². The standard InChI is InChI=1S/C23H25N7O2/c1-16-7-5-8-17(13-16)28-23(32)27-15-21(31)26-12-6-11-20-19(14-24)22(25)30(29-20)18-9-3-2-4-10-18/h2-5,7-10,13H,6,11-12,15,25H2,1H3,(H,26,31)(H2,27,28,32). The van der Waals surface area contributed by atoms with Crippen molar-refractivity contribution >= 4 is 23.4 Å². The molecular formula is C23H25N7O2. The summed E-state index contributed by atoms with van der Waals surface area (Å²) in [4.78, 5) is 23.9. The molecule has 0 spiro atoms. The summed E-state index contributed by atoms with van der Waals surface area (Å²) in [5.41, 5.74) is 9.47. The number of nitrogen functional groups attached to an aromatic ring is 1. The molecule has 9 nitrogen and oxygen atoms in total. The average Bonchev–Trinajstić information content (AvgIpc) is 3.11. The molecule has 9 heteroatoms. The predicted octanol–water partition coefficient (Wildman–Crippen LogP) is 2.51. The Hall–Kier alpha value is -4.32. The molecule has 3 amide bonds. The van der Waals surface area contributed by atoms with E-state index in [2.05, 4.69) is 27.1 Å². The molecule has 0 aliphatic carbocycles. The Bertz CT molecular complexity index is 1130. The molecule has 0 unspecified atom stereocenters. The molecule has 164 valence electrons. The molecule has 1 aromatic heterocycles. The van der Waals surface area contributed by atoms with Gasteiger partial charge < -0.3 is 21.7 Å². The number of benzene rings is 2. The lowest BCUT2D eigenvalue weighted by Crippen LogP contribution is -2.39. The number of amides is 3. The van der Waals surface area contributed by atoms with Gasteiger partial charge in [-0.2, -0.15) is 10.4 Å². The third-order valence-corrected chi connectivity index (χ3v) is 4.70. The minimum atomic E-state index is -0.452. The molecule has 3 aromatic rings. The number of aromatic nitrogens is 2. The zero-order valence-electron chi connectivity index (χ0n) is 17.8. The number of nitrogens with zero attached hydrogens (tertiary/aromatic N) is 3. The fraction of sp³-hybridized carbons (Fsp3) is 0.217. The maximum Gasteiger partial charge on any atom is 0.319 e. The van der Waals surface area contributed by atoms with Crippen LogP contribution in [0.25, 0.3) is 5.69 Å². The van der Waals surface area contributed by atoms with Crippen LogP contribution in [0.4, 0.5) is 16.3 Å². The topological polar surface area (TPSA) is 138 Å². The molecule has 0 radical (unpaired) electrons. The molecule has 0 saturated carbocycles. The van der Waals surface area contributed by atoms with Gasteiger partial charge in [0.1, 0.15) is 17.5 Å². The minimum Gasteiger partial charge on any atom is -0.382 e. The second-order valence-corrected chi connectivity index (χ2v) is 7.20. The first-order chi connectivity index (χ1) is 15.5. The second kappa shape index (κ2) is 10.6. The molecule has 32 heavy (non-hydrogen) atoms. The molecule has 0 aliphatic heterocycles. The van der Waals surface area contributed by atoms with Crippen LogP contribution in [0, 0.1) is 18.3 Å². The van der Waals surface area contributed by atoms with Gasteiger partial charge >= 0.3 is 6.03 Å². The SMILES string of the molecule is Cc1cccc(NC(=O)NCC(=O)NCCCc2nn(-c3ccccc3)c(N)c2C#N)c1. The monoisotopic (exact) mass is 431 g/mol. The molecule has 3 rings (SSSR count). The second-order valence-electron chi connectivity index (χ2n) is 7.20. The molecule has 0 atom stereocenters. The maximum absolute atomic E-state index is 12.0. The van der Waals surface area contributed by atoms with E-state index in [4.69, 9.17) is 5.73 Å². The summed E-state index contributed by atoms with van der Waals surface area (Å²) in [5.74, 6) is -0.0132. The van der Waals surface area contributed by atoms with E-state index in [1.54, 1.807) is 10.7 Å². The number of aryl methyl sites for hydroxylation is 2. The third-order valence-electron chi connectivity index (χ3n) is 4.70. The molecule has 0 fully saturated rings. The number of anilines is 2. The smallest absolute Gasteiger partial charge is 0.319 e. The zero-order chi connectivity index (χ0) is 22.9. The van der Waals surface area contributed by atoms with Crippen molar-refractivity contribution in [2.75, 3.05) is 24.1 Å². The van der Waals surface area contributed by atoms with Gasteiger partial charge in [-0.25, -0.2) is 9.48 Å². The van der Waals surface area contributed by atoms with Crippen LogP contribution in [0.2, 0.25) is 0 Å². The fourth-order valence-corrected chi connectivity index (χ4v) is 3.15. The summed E-state index contributed by atoms with van der Waals surface area (Å²) in [7, 11) is 0. The maximum atomic E-state index is 12.0. The lowest BCUT2D eigenvalue weighted by atomic mass is 10.1. The quantitative estimate of drug-likeness (QED) is 0.406. The number of carbonyl (C=O) groups excluding carboxylic acids is 2. The highest BCUT2D eigenvalue weighted by atomic mass is 16.2. The lowest BCUT2D eigenvalue weighted by molar-refractivity contribution is -0.120. The van der Waals surface area contributed by atoms with Crippen LogP contribution in [0.15, 0.2) is 54.6 Å². The van der Waals surface area contributed by atoms with Crippen molar-refractivity contribution in [3.63, 3.8) is 0 Å². The molecular weight excluding hydrogens is 406 g/mol. The van der Waals surface area contributed by atoms with Crippen LogP contribution in [-0.2, 0) is 11.2 Å². The van der Waals surface area contributed by atoms with Gasteiger partial charge in [0.15, 0.2) is 0 Å². The molecule has 0 bridgehead atoms. The number of hydrogen-bond acceptors (Lipinski definition) is 5. The summed E-state index contributed by atoms with van der Waals surface area (Å²) >= 11 is 0. The number of carbonyl (C=O) groups is 2. The first-order valence-corrected chi connectivity index (χ1v) is 10.2. The predicted molar refractivity (Wildman–Crippen MR) is 122 cm³/mol.